The first-order valence-electron chi connectivity index (χ1n) is 5.75. The summed E-state index contributed by atoms with van der Waals surface area (Å²) < 4.78 is 5.38. The Hall–Kier alpha value is -1.08. The molecule has 0 radical (unpaired) electrons. The van der Waals surface area contributed by atoms with Gasteiger partial charge in [0, 0.05) is 5.41 Å². The molecule has 1 heterocycles. The van der Waals surface area contributed by atoms with Crippen molar-refractivity contribution in [2.75, 3.05) is 13.2 Å². The van der Waals surface area contributed by atoms with Gasteiger partial charge in [-0.15, -0.1) is 0 Å². The van der Waals surface area contributed by atoms with Crippen molar-refractivity contribution in [2.45, 2.75) is 24.7 Å². The Morgan fingerprint density at radius 2 is 1.87 bits per heavy atom. The molecular weight excluding hydrogens is 184 g/mol. The maximum Gasteiger partial charge on any atom is 0.0650 e. The Labute approximate surface area is 90.8 Å². The average Bonchev–Trinajstić information content (AvgIpc) is 3.13. The van der Waals surface area contributed by atoms with Gasteiger partial charge in [-0.1, -0.05) is 42.0 Å². The van der Waals surface area contributed by atoms with Gasteiger partial charge in [0.2, 0.25) is 0 Å². The van der Waals surface area contributed by atoms with Crippen LogP contribution in [0.2, 0.25) is 0 Å². The van der Waals surface area contributed by atoms with E-state index in [2.05, 4.69) is 36.4 Å². The summed E-state index contributed by atoms with van der Waals surface area (Å²) in [6.45, 7) is 1.71. The van der Waals surface area contributed by atoms with E-state index in [0.29, 0.717) is 5.41 Å². The van der Waals surface area contributed by atoms with E-state index in [0.717, 1.165) is 19.6 Å². The van der Waals surface area contributed by atoms with Gasteiger partial charge in [0.15, 0.2) is 0 Å². The molecule has 15 heavy (non-hydrogen) atoms. The first-order chi connectivity index (χ1) is 7.42. The molecule has 1 saturated carbocycles. The van der Waals surface area contributed by atoms with Crippen LogP contribution >= 0.6 is 0 Å². The summed E-state index contributed by atoms with van der Waals surface area (Å²) in [6.07, 6.45) is 6.06. The molecule has 0 spiro atoms. The van der Waals surface area contributed by atoms with E-state index in [1.807, 2.05) is 0 Å². The molecule has 1 aromatic rings. The smallest absolute Gasteiger partial charge is 0.0650 e. The van der Waals surface area contributed by atoms with Crippen molar-refractivity contribution in [2.24, 2.45) is 0 Å². The SMILES string of the molecule is C1=C(C2(c3ccccc3)CC2)CCOC1. The number of hydrogen-bond donors (Lipinski definition) is 0. The van der Waals surface area contributed by atoms with Gasteiger partial charge in [0.05, 0.1) is 13.2 Å². The van der Waals surface area contributed by atoms with E-state index in [9.17, 15) is 0 Å². The largest absolute Gasteiger partial charge is 0.377 e. The first-order valence-corrected chi connectivity index (χ1v) is 5.75. The van der Waals surface area contributed by atoms with E-state index in [-0.39, 0.29) is 0 Å². The zero-order chi connectivity index (χ0) is 10.1. The lowest BCUT2D eigenvalue weighted by Crippen LogP contribution is -2.16. The normalized spacial score (nSPS) is 23.3. The molecule has 78 valence electrons. The highest BCUT2D eigenvalue weighted by Gasteiger charge is 2.47. The highest BCUT2D eigenvalue weighted by molar-refractivity contribution is 5.43. The third-order valence-corrected chi connectivity index (χ3v) is 3.65. The molecule has 2 aliphatic rings. The third-order valence-electron chi connectivity index (χ3n) is 3.65. The van der Waals surface area contributed by atoms with Crippen molar-refractivity contribution < 1.29 is 4.74 Å². The molecule has 1 aliphatic heterocycles. The van der Waals surface area contributed by atoms with E-state index >= 15 is 0 Å². The van der Waals surface area contributed by atoms with Gasteiger partial charge in [-0.25, -0.2) is 0 Å². The number of benzene rings is 1. The molecule has 0 N–H and O–H groups in total. The van der Waals surface area contributed by atoms with Crippen molar-refractivity contribution in [3.05, 3.63) is 47.5 Å². The summed E-state index contributed by atoms with van der Waals surface area (Å²) in [5.41, 5.74) is 3.50. The number of ether oxygens (including phenoxy) is 1. The predicted octanol–water partition coefficient (Wildman–Crippen LogP) is 3.06. The van der Waals surface area contributed by atoms with E-state index in [4.69, 9.17) is 4.74 Å². The van der Waals surface area contributed by atoms with Crippen LogP contribution in [0.25, 0.3) is 0 Å². The fourth-order valence-electron chi connectivity index (χ4n) is 2.64. The minimum Gasteiger partial charge on any atom is -0.377 e. The first kappa shape index (κ1) is 9.17. The number of hydrogen-bond acceptors (Lipinski definition) is 1. The predicted molar refractivity (Wildman–Crippen MR) is 60.9 cm³/mol. The van der Waals surface area contributed by atoms with Gasteiger partial charge in [-0.2, -0.15) is 0 Å². The third kappa shape index (κ3) is 1.51. The second kappa shape index (κ2) is 3.49. The van der Waals surface area contributed by atoms with Crippen LogP contribution in [0, 0.1) is 0 Å². The maximum absolute atomic E-state index is 5.38. The van der Waals surface area contributed by atoms with Crippen LogP contribution in [0.3, 0.4) is 0 Å². The lowest BCUT2D eigenvalue weighted by molar-refractivity contribution is 0.152. The Morgan fingerprint density at radius 3 is 2.47 bits per heavy atom. The second-order valence-corrected chi connectivity index (χ2v) is 4.50. The molecule has 1 aromatic carbocycles. The van der Waals surface area contributed by atoms with Crippen LogP contribution in [-0.4, -0.2) is 13.2 Å². The molecule has 3 rings (SSSR count). The van der Waals surface area contributed by atoms with Gasteiger partial charge in [-0.05, 0) is 24.8 Å². The molecule has 0 atom stereocenters. The monoisotopic (exact) mass is 200 g/mol. The molecule has 1 aliphatic carbocycles. The summed E-state index contributed by atoms with van der Waals surface area (Å²) in [5, 5.41) is 0. The minimum atomic E-state index is 0.394. The fourth-order valence-corrected chi connectivity index (χ4v) is 2.64. The van der Waals surface area contributed by atoms with Gasteiger partial charge >= 0.3 is 0 Å². The second-order valence-electron chi connectivity index (χ2n) is 4.50. The van der Waals surface area contributed by atoms with E-state index in [1.165, 1.54) is 18.4 Å². The molecule has 0 amide bonds. The fraction of sp³-hybridized carbons (Fsp3) is 0.429. The molecule has 1 nitrogen and oxygen atoms in total. The highest BCUT2D eigenvalue weighted by Crippen LogP contribution is 2.55. The summed E-state index contributed by atoms with van der Waals surface area (Å²) in [7, 11) is 0. The zero-order valence-corrected chi connectivity index (χ0v) is 8.91. The van der Waals surface area contributed by atoms with Crippen molar-refractivity contribution in [1.82, 2.24) is 0 Å². The summed E-state index contributed by atoms with van der Waals surface area (Å²) in [4.78, 5) is 0. The van der Waals surface area contributed by atoms with Crippen LogP contribution in [0.15, 0.2) is 42.0 Å². The van der Waals surface area contributed by atoms with Gasteiger partial charge in [0.25, 0.3) is 0 Å². The van der Waals surface area contributed by atoms with E-state index < -0.39 is 0 Å². The lowest BCUT2D eigenvalue weighted by atomic mass is 9.85. The van der Waals surface area contributed by atoms with Crippen molar-refractivity contribution in [3.63, 3.8) is 0 Å². The van der Waals surface area contributed by atoms with Crippen molar-refractivity contribution in [1.29, 1.82) is 0 Å². The molecule has 1 heteroatoms. The molecule has 0 unspecified atom stereocenters. The van der Waals surface area contributed by atoms with Gasteiger partial charge in [-0.3, -0.25) is 0 Å². The average molecular weight is 200 g/mol. The van der Waals surface area contributed by atoms with Crippen LogP contribution in [0.1, 0.15) is 24.8 Å². The molecule has 0 aromatic heterocycles. The molecule has 0 bridgehead atoms. The van der Waals surface area contributed by atoms with Gasteiger partial charge < -0.3 is 4.74 Å². The Balaban J connectivity index is 1.94. The Kier molecular flexibility index (Phi) is 2.14. The number of rotatable bonds is 2. The van der Waals surface area contributed by atoms with Crippen LogP contribution in [0.5, 0.6) is 0 Å². The lowest BCUT2D eigenvalue weighted by Gasteiger charge is -2.23. The summed E-state index contributed by atoms with van der Waals surface area (Å²) in [5.74, 6) is 0. The topological polar surface area (TPSA) is 9.23 Å². The Bertz CT molecular complexity index is 374. The highest BCUT2D eigenvalue weighted by atomic mass is 16.5. The van der Waals surface area contributed by atoms with E-state index in [1.54, 1.807) is 5.57 Å². The molecular formula is C14H16O. The van der Waals surface area contributed by atoms with Crippen LogP contribution < -0.4 is 0 Å². The van der Waals surface area contributed by atoms with Crippen molar-refractivity contribution in [3.8, 4) is 0 Å². The quantitative estimate of drug-likeness (QED) is 0.667. The molecule has 0 saturated heterocycles. The molecule has 1 fully saturated rings. The zero-order valence-electron chi connectivity index (χ0n) is 8.91. The van der Waals surface area contributed by atoms with Crippen molar-refractivity contribution >= 4 is 0 Å². The van der Waals surface area contributed by atoms with Crippen LogP contribution in [-0.2, 0) is 10.2 Å². The minimum absolute atomic E-state index is 0.394. The maximum atomic E-state index is 5.38. The summed E-state index contributed by atoms with van der Waals surface area (Å²) in [6, 6.07) is 10.9. The Morgan fingerprint density at radius 1 is 1.07 bits per heavy atom. The van der Waals surface area contributed by atoms with Gasteiger partial charge in [0.1, 0.15) is 0 Å². The summed E-state index contributed by atoms with van der Waals surface area (Å²) >= 11 is 0. The standard InChI is InChI=1S/C14H16O/c1-2-4-12(5-3-1)14(8-9-14)13-6-10-15-11-7-13/h1-6H,7-11H2. The van der Waals surface area contributed by atoms with Crippen LogP contribution in [0.4, 0.5) is 0 Å².